The van der Waals surface area contributed by atoms with E-state index in [1.807, 2.05) is 0 Å². The van der Waals surface area contributed by atoms with Crippen LogP contribution in [0, 0.1) is 117 Å². The average molecular weight is 1670 g/mol. The smallest absolute Gasteiger partial charge is 0.429 e. The second-order valence-corrected chi connectivity index (χ2v) is 29.6. The van der Waals surface area contributed by atoms with Crippen molar-refractivity contribution in [2.24, 2.45) is 47.3 Å². The molecular formula is C78H96F20O16. The minimum absolute atomic E-state index is 0.0130. The highest BCUT2D eigenvalue weighted by molar-refractivity contribution is 5.28. The molecular weight excluding hydrogens is 1570 g/mol. The lowest BCUT2D eigenvalue weighted by Crippen LogP contribution is -2.50. The van der Waals surface area contributed by atoms with Crippen molar-refractivity contribution in [3.05, 3.63) is 118 Å². The standard InChI is InChI=1S/C21H27F5O4.C20H25F5O4.C19H23F5O4.C18H21F5O4/c1-2-3-4-5-13-6-7-18(27-10-13)14-11-28-20(29-12-14)21(25,26)30-15-8-16(22)19(24)17(23)9-15;1-2-3-4-12-5-6-17(26-9-12)13-10-27-19(28-11-13)20(24,25)29-14-7-15(21)18(23)16(22)8-14;1-2-3-11-4-5-16(25-8-11)12-9-26-18(27-10-12)19(23,24)28-13-6-14(20)17(22)15(21)7-13;1-2-10-3-4-15(24-7-10)11-8-25-17(26-9-11)18(22,23)27-12-5-13(19)16(21)14(20)6-12/h8-9,13-14,18,20H,2-7,10-12H2,1H3;7-8,12-13,17,19H,2-6,9-11H2,1H3;6-7,11-12,16,18H,2-5,8-10H2,1H3;5-6,10-11,15,17H,2-4,7-9H2,1H3. The molecule has 0 radical (unpaired) electrons. The van der Waals surface area contributed by atoms with Crippen molar-refractivity contribution in [1.29, 1.82) is 0 Å². The summed E-state index contributed by atoms with van der Waals surface area (Å²) >= 11 is 0. The maximum Gasteiger partial charge on any atom is 0.451 e. The Bertz CT molecular complexity index is 3480. The van der Waals surface area contributed by atoms with Crippen molar-refractivity contribution in [1.82, 2.24) is 0 Å². The van der Waals surface area contributed by atoms with Crippen LogP contribution in [0.4, 0.5) is 87.8 Å². The van der Waals surface area contributed by atoms with E-state index in [-0.39, 0.29) is 101 Å². The van der Waals surface area contributed by atoms with E-state index in [1.54, 1.807) is 0 Å². The van der Waals surface area contributed by atoms with Crippen LogP contribution >= 0.6 is 0 Å². The topological polar surface area (TPSA) is 148 Å². The predicted octanol–water partition coefficient (Wildman–Crippen LogP) is 19.4. The molecule has 0 spiro atoms. The van der Waals surface area contributed by atoms with Gasteiger partial charge in [0.05, 0.1) is 77.3 Å². The van der Waals surface area contributed by atoms with Gasteiger partial charge in [-0.15, -0.1) is 0 Å². The second-order valence-electron chi connectivity index (χ2n) is 29.6. The fraction of sp³-hybridized carbons (Fsp3) is 0.692. The van der Waals surface area contributed by atoms with Crippen LogP contribution in [0.2, 0.25) is 0 Å². The Morgan fingerprint density at radius 3 is 0.684 bits per heavy atom. The first kappa shape index (κ1) is 92.1. The van der Waals surface area contributed by atoms with Crippen LogP contribution < -0.4 is 18.9 Å². The van der Waals surface area contributed by atoms with Gasteiger partial charge in [-0.3, -0.25) is 0 Å². The predicted molar refractivity (Wildman–Crippen MR) is 363 cm³/mol. The van der Waals surface area contributed by atoms with Crippen LogP contribution in [0.5, 0.6) is 23.0 Å². The van der Waals surface area contributed by atoms with Gasteiger partial charge in [0.25, 0.3) is 25.2 Å². The Labute approximate surface area is 646 Å². The van der Waals surface area contributed by atoms with E-state index in [1.165, 1.54) is 19.3 Å². The zero-order chi connectivity index (χ0) is 82.7. The number of unbranched alkanes of at least 4 members (excludes halogenated alkanes) is 3. The Morgan fingerprint density at radius 1 is 0.263 bits per heavy atom. The van der Waals surface area contributed by atoms with E-state index < -0.39 is 142 Å². The van der Waals surface area contributed by atoms with E-state index in [2.05, 4.69) is 46.6 Å². The Morgan fingerprint density at radius 2 is 0.482 bits per heavy atom. The Kier molecular flexibility index (Phi) is 34.5. The zero-order valence-electron chi connectivity index (χ0n) is 63.2. The minimum Gasteiger partial charge on any atom is -0.429 e. The molecule has 8 heterocycles. The molecule has 0 aromatic heterocycles. The molecule has 0 saturated carbocycles. The summed E-state index contributed by atoms with van der Waals surface area (Å²) in [5.41, 5.74) is 0. The molecule has 114 heavy (non-hydrogen) atoms. The minimum atomic E-state index is -4.01. The zero-order valence-corrected chi connectivity index (χ0v) is 63.2. The summed E-state index contributed by atoms with van der Waals surface area (Å²) in [6.45, 7) is 11.0. The van der Waals surface area contributed by atoms with Crippen molar-refractivity contribution in [2.75, 3.05) is 79.3 Å². The quantitative estimate of drug-likeness (QED) is 0.0333. The number of hydrogen-bond acceptors (Lipinski definition) is 16. The van der Waals surface area contributed by atoms with Crippen LogP contribution in [0.3, 0.4) is 0 Å². The lowest BCUT2D eigenvalue weighted by atomic mass is 9.89. The van der Waals surface area contributed by atoms with Crippen LogP contribution in [-0.2, 0) is 56.8 Å². The van der Waals surface area contributed by atoms with Crippen molar-refractivity contribution in [3.63, 3.8) is 0 Å². The summed E-state index contributed by atoms with van der Waals surface area (Å²) in [5.74, 6) is -22.2. The van der Waals surface area contributed by atoms with E-state index in [0.717, 1.165) is 96.3 Å². The van der Waals surface area contributed by atoms with Gasteiger partial charge in [-0.2, -0.15) is 35.1 Å². The molecule has 8 aliphatic rings. The highest BCUT2D eigenvalue weighted by Gasteiger charge is 2.53. The van der Waals surface area contributed by atoms with Gasteiger partial charge in [-0.05, 0) is 94.3 Å². The second kappa shape index (κ2) is 42.7. The normalized spacial score (nSPS) is 28.6. The SMILES string of the molecule is CCC1CCC(C2COC(C(F)(F)Oc3cc(F)c(F)c(F)c3)OC2)OC1.CCCC1CCC(C2COC(C(F)(F)Oc3cc(F)c(F)c(F)c3)OC2)OC1.CCCCC1CCC(C2COC(C(F)(F)Oc3cc(F)c(F)c(F)c3)OC2)OC1.CCCCCC1CCC(C2COC(C(F)(F)Oc3cc(F)c(F)c(F)c3)OC2)OC1. The summed E-state index contributed by atoms with van der Waals surface area (Å²) in [4.78, 5) is 0. The molecule has 0 N–H and O–H groups in total. The van der Waals surface area contributed by atoms with E-state index >= 15 is 0 Å². The third-order valence-corrected chi connectivity index (χ3v) is 20.8. The van der Waals surface area contributed by atoms with Gasteiger partial charge in [0.15, 0.2) is 69.8 Å². The molecule has 4 aromatic rings. The van der Waals surface area contributed by atoms with E-state index in [9.17, 15) is 87.8 Å². The number of alkyl halides is 8. The molecule has 644 valence electrons. The highest BCUT2D eigenvalue weighted by atomic mass is 19.3. The van der Waals surface area contributed by atoms with Gasteiger partial charge in [-0.1, -0.05) is 72.6 Å². The van der Waals surface area contributed by atoms with Crippen molar-refractivity contribution in [3.8, 4) is 23.0 Å². The molecule has 8 saturated heterocycles. The summed E-state index contributed by atoms with van der Waals surface area (Å²) in [5, 5.41) is 0. The van der Waals surface area contributed by atoms with Crippen LogP contribution in [-0.4, -0.2) is 153 Å². The molecule has 0 bridgehead atoms. The maximum atomic E-state index is 14.3. The fourth-order valence-electron chi connectivity index (χ4n) is 14.3. The average Bonchev–Trinajstić information content (AvgIpc) is 0.818. The lowest BCUT2D eigenvalue weighted by molar-refractivity contribution is -0.356. The number of halogens is 20. The van der Waals surface area contributed by atoms with Gasteiger partial charge in [0.1, 0.15) is 23.0 Å². The summed E-state index contributed by atoms with van der Waals surface area (Å²) < 4.78 is 353. The largest absolute Gasteiger partial charge is 0.451 e. The first-order valence-electron chi connectivity index (χ1n) is 38.4. The third-order valence-electron chi connectivity index (χ3n) is 20.8. The molecule has 16 nitrogen and oxygen atoms in total. The first-order valence-corrected chi connectivity index (χ1v) is 38.4. The summed E-state index contributed by atoms with van der Waals surface area (Å²) in [6.07, 6.45) is -6.07. The van der Waals surface area contributed by atoms with Crippen LogP contribution in [0.15, 0.2) is 48.5 Å². The molecule has 12 rings (SSSR count). The fourth-order valence-corrected chi connectivity index (χ4v) is 14.3. The number of rotatable bonds is 26. The van der Waals surface area contributed by atoms with Gasteiger partial charge < -0.3 is 75.8 Å². The van der Waals surface area contributed by atoms with E-state index in [4.69, 9.17) is 56.8 Å². The summed E-state index contributed by atoms with van der Waals surface area (Å²) in [6, 6.07) is 2.68. The summed E-state index contributed by atoms with van der Waals surface area (Å²) in [7, 11) is 0. The highest BCUT2D eigenvalue weighted by Crippen LogP contribution is 2.41. The maximum absolute atomic E-state index is 14.3. The third kappa shape index (κ3) is 26.1. The number of hydrogen-bond donors (Lipinski definition) is 0. The molecule has 4 aromatic carbocycles. The Balaban J connectivity index is 0.000000174. The van der Waals surface area contributed by atoms with Crippen LogP contribution in [0.1, 0.15) is 143 Å². The van der Waals surface area contributed by atoms with Gasteiger partial charge in [0.2, 0.25) is 0 Å². The van der Waals surface area contributed by atoms with Gasteiger partial charge >= 0.3 is 24.4 Å². The van der Waals surface area contributed by atoms with Gasteiger partial charge in [0, 0.05) is 98.6 Å². The number of benzene rings is 4. The molecule has 0 aliphatic carbocycles. The Hall–Kier alpha value is -5.80. The van der Waals surface area contributed by atoms with E-state index in [0.29, 0.717) is 98.6 Å². The van der Waals surface area contributed by atoms with Crippen molar-refractivity contribution in [2.45, 2.75) is 217 Å². The van der Waals surface area contributed by atoms with Crippen molar-refractivity contribution >= 4 is 0 Å². The molecule has 8 fully saturated rings. The van der Waals surface area contributed by atoms with Crippen LogP contribution in [0.25, 0.3) is 0 Å². The molecule has 0 amide bonds. The molecule has 8 unspecified atom stereocenters. The first-order chi connectivity index (χ1) is 54.2. The number of ether oxygens (including phenoxy) is 16. The monoisotopic (exact) mass is 1670 g/mol. The lowest BCUT2D eigenvalue weighted by Gasteiger charge is -2.39. The molecule has 8 atom stereocenters. The van der Waals surface area contributed by atoms with Gasteiger partial charge in [-0.25, -0.2) is 52.7 Å². The molecule has 36 heteroatoms. The molecule has 8 aliphatic heterocycles. The van der Waals surface area contributed by atoms with Crippen molar-refractivity contribution < 1.29 is 164 Å².